The van der Waals surface area contributed by atoms with Gasteiger partial charge in [0, 0.05) is 18.7 Å². The molecule has 0 spiro atoms. The van der Waals surface area contributed by atoms with Crippen molar-refractivity contribution >= 4 is 12.0 Å². The number of aromatic nitrogens is 2. The summed E-state index contributed by atoms with van der Waals surface area (Å²) in [5.74, 6) is -1.13. The van der Waals surface area contributed by atoms with Crippen LogP contribution in [0, 0.1) is 0 Å². The molecular formula is C14H16N2O7. The first kappa shape index (κ1) is 16.9. The smallest absolute Gasteiger partial charge is 0.330 e. The molecule has 1 aromatic rings. The Hall–Kier alpha value is -2.49. The number of carboxylic acids is 1. The van der Waals surface area contributed by atoms with Crippen LogP contribution in [0.3, 0.4) is 0 Å². The Balaban J connectivity index is 2.28. The van der Waals surface area contributed by atoms with Crippen LogP contribution in [0.4, 0.5) is 0 Å². The number of nitrogens with one attached hydrogen (secondary N) is 1. The van der Waals surface area contributed by atoms with Crippen molar-refractivity contribution in [2.75, 3.05) is 6.61 Å². The Kier molecular flexibility index (Phi) is 5.27. The summed E-state index contributed by atoms with van der Waals surface area (Å²) in [5, 5.41) is 27.2. The van der Waals surface area contributed by atoms with Gasteiger partial charge in [-0.2, -0.15) is 0 Å². The van der Waals surface area contributed by atoms with Crippen molar-refractivity contribution in [1.82, 2.24) is 9.55 Å². The Labute approximate surface area is 129 Å². The van der Waals surface area contributed by atoms with Crippen molar-refractivity contribution in [3.8, 4) is 0 Å². The van der Waals surface area contributed by atoms with Gasteiger partial charge in [0.25, 0.3) is 5.56 Å². The third-order valence-electron chi connectivity index (χ3n) is 3.32. The average Bonchev–Trinajstić information content (AvgIpc) is 2.86. The molecule has 1 unspecified atom stereocenters. The van der Waals surface area contributed by atoms with Crippen molar-refractivity contribution in [3.05, 3.63) is 50.8 Å². The van der Waals surface area contributed by atoms with Gasteiger partial charge in [0.05, 0.1) is 18.3 Å². The van der Waals surface area contributed by atoms with E-state index >= 15 is 0 Å². The van der Waals surface area contributed by atoms with Crippen molar-refractivity contribution in [1.29, 1.82) is 0 Å². The van der Waals surface area contributed by atoms with Gasteiger partial charge in [-0.1, -0.05) is 12.2 Å². The minimum absolute atomic E-state index is 0.0965. The molecule has 1 saturated heterocycles. The van der Waals surface area contributed by atoms with Gasteiger partial charge < -0.3 is 20.1 Å². The number of aliphatic hydroxyl groups is 2. The predicted octanol–water partition coefficient (Wildman–Crippen LogP) is -1.17. The maximum Gasteiger partial charge on any atom is 0.330 e. The van der Waals surface area contributed by atoms with Gasteiger partial charge in [-0.3, -0.25) is 14.3 Å². The van der Waals surface area contributed by atoms with E-state index in [1.165, 1.54) is 24.4 Å². The summed E-state index contributed by atoms with van der Waals surface area (Å²) in [5.41, 5.74) is -1.22. The molecule has 1 aliphatic heterocycles. The van der Waals surface area contributed by atoms with Gasteiger partial charge >= 0.3 is 11.7 Å². The molecule has 9 nitrogen and oxygen atoms in total. The van der Waals surface area contributed by atoms with Crippen LogP contribution >= 0.6 is 0 Å². The molecule has 0 aromatic carbocycles. The molecule has 1 aliphatic rings. The first-order chi connectivity index (χ1) is 10.9. The number of carbonyl (C=O) groups is 1. The van der Waals surface area contributed by atoms with Gasteiger partial charge in [0.2, 0.25) is 0 Å². The van der Waals surface area contributed by atoms with Crippen molar-refractivity contribution in [3.63, 3.8) is 0 Å². The minimum Gasteiger partial charge on any atom is -0.478 e. The first-order valence-electron chi connectivity index (χ1n) is 6.80. The van der Waals surface area contributed by atoms with Crippen LogP contribution in [0.1, 0.15) is 18.2 Å². The number of allylic oxidation sites excluding steroid dienone is 2. The molecule has 2 heterocycles. The zero-order chi connectivity index (χ0) is 17.0. The fourth-order valence-electron chi connectivity index (χ4n) is 2.18. The molecule has 0 radical (unpaired) electrons. The number of hydrogen-bond acceptors (Lipinski definition) is 6. The largest absolute Gasteiger partial charge is 0.478 e. The van der Waals surface area contributed by atoms with Gasteiger partial charge in [0.15, 0.2) is 0 Å². The Morgan fingerprint density at radius 1 is 1.43 bits per heavy atom. The van der Waals surface area contributed by atoms with E-state index in [9.17, 15) is 19.5 Å². The molecule has 4 N–H and O–H groups in total. The molecule has 2 rings (SSSR count). The number of H-pyrrole nitrogens is 1. The summed E-state index contributed by atoms with van der Waals surface area (Å²) < 4.78 is 6.48. The number of hydrogen-bond donors (Lipinski definition) is 4. The molecule has 23 heavy (non-hydrogen) atoms. The Bertz CT molecular complexity index is 746. The lowest BCUT2D eigenvalue weighted by Gasteiger charge is -2.14. The highest BCUT2D eigenvalue weighted by Crippen LogP contribution is 2.27. The summed E-state index contributed by atoms with van der Waals surface area (Å²) in [6, 6.07) is 0. The molecule has 0 saturated carbocycles. The molecular weight excluding hydrogens is 308 g/mol. The summed E-state index contributed by atoms with van der Waals surface area (Å²) >= 11 is 0. The SMILES string of the molecule is O=C(O)C=CC=Cc1cn([C@@H]2CC(O)[C@H](CO)O2)c(=O)[nH]c1=O. The lowest BCUT2D eigenvalue weighted by Crippen LogP contribution is -2.33. The van der Waals surface area contributed by atoms with E-state index in [2.05, 4.69) is 4.98 Å². The van der Waals surface area contributed by atoms with E-state index in [4.69, 9.17) is 14.9 Å². The lowest BCUT2D eigenvalue weighted by atomic mass is 10.2. The fourth-order valence-corrected chi connectivity index (χ4v) is 2.18. The highest BCUT2D eigenvalue weighted by molar-refractivity contribution is 5.80. The van der Waals surface area contributed by atoms with E-state index in [0.717, 1.165) is 10.6 Å². The number of nitrogens with zero attached hydrogens (tertiary/aromatic N) is 1. The highest BCUT2D eigenvalue weighted by atomic mass is 16.5. The van der Waals surface area contributed by atoms with Crippen LogP contribution < -0.4 is 11.2 Å². The van der Waals surface area contributed by atoms with Crippen LogP contribution in [-0.2, 0) is 9.53 Å². The first-order valence-corrected chi connectivity index (χ1v) is 6.80. The minimum atomic E-state index is -1.13. The number of ether oxygens (including phenoxy) is 1. The van der Waals surface area contributed by atoms with Gasteiger partial charge in [-0.15, -0.1) is 0 Å². The Morgan fingerprint density at radius 3 is 2.78 bits per heavy atom. The number of aliphatic hydroxyl groups excluding tert-OH is 2. The number of rotatable bonds is 5. The van der Waals surface area contributed by atoms with Crippen LogP contribution in [0.2, 0.25) is 0 Å². The van der Waals surface area contributed by atoms with Gasteiger partial charge in [-0.05, 0) is 6.08 Å². The van der Waals surface area contributed by atoms with Gasteiger partial charge in [0.1, 0.15) is 12.3 Å². The monoisotopic (exact) mass is 324 g/mol. The molecule has 9 heteroatoms. The van der Waals surface area contributed by atoms with Crippen LogP contribution in [0.25, 0.3) is 6.08 Å². The molecule has 3 atom stereocenters. The van der Waals surface area contributed by atoms with Crippen LogP contribution in [0.15, 0.2) is 34.0 Å². The maximum atomic E-state index is 11.9. The summed E-state index contributed by atoms with van der Waals surface area (Å²) in [6.45, 7) is -0.386. The van der Waals surface area contributed by atoms with E-state index in [-0.39, 0.29) is 18.6 Å². The van der Waals surface area contributed by atoms with E-state index in [1.807, 2.05) is 0 Å². The van der Waals surface area contributed by atoms with Crippen LogP contribution in [-0.4, -0.2) is 49.7 Å². The number of aliphatic carboxylic acids is 1. The molecule has 124 valence electrons. The fraction of sp³-hybridized carbons (Fsp3) is 0.357. The third kappa shape index (κ3) is 4.03. The molecule has 0 aliphatic carbocycles. The second kappa shape index (κ2) is 7.18. The summed E-state index contributed by atoms with van der Waals surface area (Å²) in [4.78, 5) is 36.1. The quantitative estimate of drug-likeness (QED) is 0.395. The van der Waals surface area contributed by atoms with Crippen molar-refractivity contribution in [2.24, 2.45) is 0 Å². The molecule has 0 bridgehead atoms. The maximum absolute atomic E-state index is 11.9. The van der Waals surface area contributed by atoms with E-state index in [0.29, 0.717) is 0 Å². The number of aromatic amines is 1. The van der Waals surface area contributed by atoms with Gasteiger partial charge in [-0.25, -0.2) is 9.59 Å². The standard InChI is InChI=1S/C14H16N2O7/c17-7-10-9(18)5-11(23-10)16-6-8(13(21)15-14(16)22)3-1-2-4-12(19)20/h1-4,6,9-11,17-18H,5,7H2,(H,19,20)(H,15,21,22)/t9?,10-,11-/m0/s1. The third-order valence-corrected chi connectivity index (χ3v) is 3.32. The van der Waals surface area contributed by atoms with Crippen LogP contribution in [0.5, 0.6) is 0 Å². The molecule has 0 amide bonds. The highest BCUT2D eigenvalue weighted by Gasteiger charge is 2.35. The Morgan fingerprint density at radius 2 is 2.17 bits per heavy atom. The zero-order valence-corrected chi connectivity index (χ0v) is 12.0. The van der Waals surface area contributed by atoms with E-state index < -0.39 is 35.7 Å². The summed E-state index contributed by atoms with van der Waals surface area (Å²) in [7, 11) is 0. The second-order valence-electron chi connectivity index (χ2n) is 4.92. The normalized spacial score (nSPS) is 24.7. The molecule has 1 aromatic heterocycles. The van der Waals surface area contributed by atoms with E-state index in [1.54, 1.807) is 0 Å². The lowest BCUT2D eigenvalue weighted by molar-refractivity contribution is -0.131. The average molecular weight is 324 g/mol. The predicted molar refractivity (Wildman–Crippen MR) is 78.8 cm³/mol. The molecule has 1 fully saturated rings. The second-order valence-corrected chi connectivity index (χ2v) is 4.92. The number of carboxylic acid groups (broad SMARTS) is 1. The van der Waals surface area contributed by atoms with Crippen molar-refractivity contribution < 1.29 is 24.9 Å². The zero-order valence-electron chi connectivity index (χ0n) is 12.0. The topological polar surface area (TPSA) is 142 Å². The summed E-state index contributed by atoms with van der Waals surface area (Å²) in [6.07, 6.45) is 3.63. The van der Waals surface area contributed by atoms with Crippen molar-refractivity contribution in [2.45, 2.75) is 24.9 Å².